The largest absolute Gasteiger partial charge is 0.358 e. The molecule has 1 rings (SSSR count). The van der Waals surface area contributed by atoms with Crippen molar-refractivity contribution in [1.82, 2.24) is 5.32 Å². The van der Waals surface area contributed by atoms with Crippen molar-refractivity contribution in [2.45, 2.75) is 27.2 Å². The number of rotatable bonds is 1. The summed E-state index contributed by atoms with van der Waals surface area (Å²) in [7, 11) is 3.75. The molecule has 0 amide bonds. The van der Waals surface area contributed by atoms with E-state index in [-0.39, 0.29) is 51.4 Å². The van der Waals surface area contributed by atoms with Crippen LogP contribution in [0.25, 0.3) is 0 Å². The van der Waals surface area contributed by atoms with Gasteiger partial charge >= 0.3 is 0 Å². The van der Waals surface area contributed by atoms with E-state index in [1.165, 1.54) is 11.1 Å². The SMILES string of the molecule is C=CC(C)=CC.CC1=[C-]CC=C1.CNC.[CH3-].[CH3-].[CH3-].[CH3-].[Ti]. The Labute approximate surface area is 146 Å². The minimum Gasteiger partial charge on any atom is -0.358 e. The van der Waals surface area contributed by atoms with Gasteiger partial charge in [0.05, 0.1) is 0 Å². The zero-order valence-electron chi connectivity index (χ0n) is 15.2. The topological polar surface area (TPSA) is 12.0 Å². The predicted molar refractivity (Wildman–Crippen MR) is 96.5 cm³/mol. The molecule has 0 saturated carbocycles. The molecule has 0 unspecified atom stereocenters. The van der Waals surface area contributed by atoms with Gasteiger partial charge in [-0.2, -0.15) is 6.08 Å². The Morgan fingerprint density at radius 1 is 1.25 bits per heavy atom. The van der Waals surface area contributed by atoms with Gasteiger partial charge < -0.3 is 35.0 Å². The zero-order chi connectivity index (χ0) is 12.1. The maximum atomic E-state index is 3.56. The molecule has 2 heteroatoms. The molecule has 0 fully saturated rings. The van der Waals surface area contributed by atoms with Gasteiger partial charge in [0.25, 0.3) is 0 Å². The zero-order valence-corrected chi connectivity index (χ0v) is 16.8. The summed E-state index contributed by atoms with van der Waals surface area (Å²) in [6.45, 7) is 9.64. The number of hydrogen-bond acceptors (Lipinski definition) is 1. The second kappa shape index (κ2) is 36.3. The van der Waals surface area contributed by atoms with Gasteiger partial charge in [0.1, 0.15) is 0 Å². The van der Waals surface area contributed by atoms with Gasteiger partial charge in [-0.15, -0.1) is 6.42 Å². The minimum absolute atomic E-state index is 0. The van der Waals surface area contributed by atoms with Crippen molar-refractivity contribution in [1.29, 1.82) is 0 Å². The summed E-state index contributed by atoms with van der Waals surface area (Å²) in [5.74, 6) is 0. The van der Waals surface area contributed by atoms with Crippen LogP contribution in [0.4, 0.5) is 0 Å². The van der Waals surface area contributed by atoms with E-state index >= 15 is 0 Å². The first-order chi connectivity index (χ1) is 7.12. The quantitative estimate of drug-likeness (QED) is 0.384. The smallest absolute Gasteiger partial charge is 0 e. The molecule has 0 heterocycles. The van der Waals surface area contributed by atoms with E-state index in [0.29, 0.717) is 0 Å². The first-order valence-electron chi connectivity index (χ1n) is 5.20. The van der Waals surface area contributed by atoms with Crippen LogP contribution in [0.5, 0.6) is 0 Å². The number of nitrogens with one attached hydrogen (secondary N) is 1. The second-order valence-electron chi connectivity index (χ2n) is 3.20. The Kier molecular flexibility index (Phi) is 77.5. The van der Waals surface area contributed by atoms with Crippen molar-refractivity contribution < 1.29 is 21.7 Å². The maximum absolute atomic E-state index is 3.56. The molecular weight excluding hydrogens is 278 g/mol. The Morgan fingerprint density at radius 2 is 1.65 bits per heavy atom. The van der Waals surface area contributed by atoms with Crippen molar-refractivity contribution in [2.24, 2.45) is 0 Å². The summed E-state index contributed by atoms with van der Waals surface area (Å²) in [6, 6.07) is 0. The van der Waals surface area contributed by atoms with Gasteiger partial charge in [0.15, 0.2) is 0 Å². The molecule has 0 radical (unpaired) electrons. The number of allylic oxidation sites excluding steroid dienone is 7. The summed E-state index contributed by atoms with van der Waals surface area (Å²) in [5, 5.41) is 2.75. The van der Waals surface area contributed by atoms with Crippen molar-refractivity contribution >= 4 is 0 Å². The molecule has 20 heavy (non-hydrogen) atoms. The predicted octanol–water partition coefficient (Wildman–Crippen LogP) is 5.47. The minimum atomic E-state index is 0. The van der Waals surface area contributed by atoms with E-state index in [1.807, 2.05) is 40.1 Å². The Hall–Kier alpha value is -0.366. The van der Waals surface area contributed by atoms with Crippen molar-refractivity contribution in [2.75, 3.05) is 14.1 Å². The van der Waals surface area contributed by atoms with Crippen LogP contribution < -0.4 is 5.32 Å². The summed E-state index contributed by atoms with van der Waals surface area (Å²) in [5.41, 5.74) is 2.50. The fourth-order valence-electron chi connectivity index (χ4n) is 0.632. The van der Waals surface area contributed by atoms with Crippen molar-refractivity contribution in [3.8, 4) is 0 Å². The average Bonchev–Trinajstić information content (AvgIpc) is 2.70. The van der Waals surface area contributed by atoms with Crippen LogP contribution in [0.3, 0.4) is 0 Å². The summed E-state index contributed by atoms with van der Waals surface area (Å²) in [4.78, 5) is 0. The molecule has 0 spiro atoms. The van der Waals surface area contributed by atoms with Gasteiger partial charge in [-0.25, -0.2) is 11.6 Å². The van der Waals surface area contributed by atoms with Gasteiger partial charge in [0, 0.05) is 21.7 Å². The molecule has 0 aromatic carbocycles. The summed E-state index contributed by atoms with van der Waals surface area (Å²) < 4.78 is 0. The first kappa shape index (κ1) is 42.7. The van der Waals surface area contributed by atoms with E-state index < -0.39 is 0 Å². The summed E-state index contributed by atoms with van der Waals surface area (Å²) in [6.07, 6.45) is 12.2. The van der Waals surface area contributed by atoms with Crippen LogP contribution >= 0.6 is 0 Å². The molecule has 0 saturated heterocycles. The average molecular weight is 314 g/mol. The standard InChI is InChI=1S/C6H7.C6H10.C2H7N.4CH3.Ti/c1-6-4-2-3-5-6;1-4-6(3)5-2;1-3-2;;;;;/h2,4H,3H2,1H3;4-5H,1H2,2-3H3;3H,1-2H3;4*1H3;/q-1;;;4*-1;. The van der Waals surface area contributed by atoms with E-state index in [2.05, 4.69) is 37.0 Å². The third-order valence-corrected chi connectivity index (χ3v) is 1.64. The molecule has 0 aliphatic heterocycles. The molecule has 1 aliphatic rings. The van der Waals surface area contributed by atoms with Gasteiger partial charge in [-0.1, -0.05) is 31.2 Å². The molecule has 0 aromatic rings. The molecule has 0 bridgehead atoms. The van der Waals surface area contributed by atoms with Gasteiger partial charge in [-0.3, -0.25) is 6.08 Å². The van der Waals surface area contributed by atoms with Crippen LogP contribution in [-0.2, 0) is 21.7 Å². The van der Waals surface area contributed by atoms with E-state index in [4.69, 9.17) is 0 Å². The Balaban J connectivity index is -0.0000000235. The third-order valence-electron chi connectivity index (χ3n) is 1.64. The second-order valence-corrected chi connectivity index (χ2v) is 3.20. The number of hydrogen-bond donors (Lipinski definition) is 1. The molecule has 122 valence electrons. The third kappa shape index (κ3) is 43.1. The van der Waals surface area contributed by atoms with Crippen molar-refractivity contribution in [3.63, 3.8) is 0 Å². The molecule has 1 N–H and O–H groups in total. The molecule has 1 nitrogen and oxygen atoms in total. The van der Waals surface area contributed by atoms with Crippen LogP contribution in [0.1, 0.15) is 27.2 Å². The fourth-order valence-corrected chi connectivity index (χ4v) is 0.632. The van der Waals surface area contributed by atoms with E-state index in [1.54, 1.807) is 0 Å². The van der Waals surface area contributed by atoms with E-state index in [9.17, 15) is 0 Å². The molecule has 0 atom stereocenters. The molecule has 1 aliphatic carbocycles. The molecular formula is C18H36NTi-5. The van der Waals surface area contributed by atoms with Crippen LogP contribution in [0, 0.1) is 35.8 Å². The summed E-state index contributed by atoms with van der Waals surface area (Å²) >= 11 is 0. The van der Waals surface area contributed by atoms with Crippen LogP contribution in [0.15, 0.2) is 42.0 Å². The van der Waals surface area contributed by atoms with Crippen LogP contribution in [-0.4, -0.2) is 14.1 Å². The van der Waals surface area contributed by atoms with E-state index in [0.717, 1.165) is 6.42 Å². The van der Waals surface area contributed by atoms with Crippen LogP contribution in [0.2, 0.25) is 0 Å². The molecule has 0 aromatic heterocycles. The van der Waals surface area contributed by atoms with Crippen molar-refractivity contribution in [3.05, 3.63) is 77.8 Å². The first-order valence-corrected chi connectivity index (χ1v) is 5.20. The monoisotopic (exact) mass is 314 g/mol. The maximum Gasteiger partial charge on any atom is 0 e. The van der Waals surface area contributed by atoms with Gasteiger partial charge in [0.2, 0.25) is 0 Å². The fraction of sp³-hybridized carbons (Fsp3) is 0.333. The Morgan fingerprint density at radius 3 is 1.70 bits per heavy atom. The normalized spacial score (nSPS) is 9.85. The Bertz CT molecular complexity index is 228. The van der Waals surface area contributed by atoms with Gasteiger partial charge in [-0.05, 0) is 27.9 Å².